The van der Waals surface area contributed by atoms with Gasteiger partial charge in [0.25, 0.3) is 0 Å². The topological polar surface area (TPSA) is 53.7 Å². The quantitative estimate of drug-likeness (QED) is 0.831. The van der Waals surface area contributed by atoms with Gasteiger partial charge in [-0.05, 0) is 38.3 Å². The van der Waals surface area contributed by atoms with Crippen molar-refractivity contribution in [3.8, 4) is 11.5 Å². The van der Waals surface area contributed by atoms with Gasteiger partial charge in [0, 0.05) is 13.5 Å². The second kappa shape index (κ2) is 6.66. The monoisotopic (exact) mass is 265 g/mol. The Morgan fingerprint density at radius 2 is 1.95 bits per heavy atom. The van der Waals surface area contributed by atoms with Crippen LogP contribution in [0, 0.1) is 0 Å². The van der Waals surface area contributed by atoms with Gasteiger partial charge in [0.1, 0.15) is 23.3 Å². The first-order chi connectivity index (χ1) is 9.24. The minimum atomic E-state index is 0.179. The van der Waals surface area contributed by atoms with Gasteiger partial charge in [-0.2, -0.15) is 0 Å². The number of nitrogen functional groups attached to an aromatic ring is 1. The van der Waals surface area contributed by atoms with Gasteiger partial charge < -0.3 is 19.9 Å². The van der Waals surface area contributed by atoms with Gasteiger partial charge in [-0.3, -0.25) is 0 Å². The zero-order valence-corrected chi connectivity index (χ0v) is 11.7. The van der Waals surface area contributed by atoms with Crippen molar-refractivity contribution < 1.29 is 14.2 Å². The van der Waals surface area contributed by atoms with E-state index in [1.807, 2.05) is 25.1 Å². The van der Waals surface area contributed by atoms with Crippen LogP contribution in [-0.2, 0) is 4.74 Å². The molecule has 0 aliphatic heterocycles. The highest BCUT2D eigenvalue weighted by Gasteiger charge is 2.23. The number of ether oxygens (including phenoxy) is 3. The van der Waals surface area contributed by atoms with E-state index in [2.05, 4.69) is 0 Å². The molecule has 2 rings (SSSR count). The van der Waals surface area contributed by atoms with E-state index >= 15 is 0 Å². The van der Waals surface area contributed by atoms with Crippen molar-refractivity contribution in [1.29, 1.82) is 0 Å². The van der Waals surface area contributed by atoms with E-state index in [0.29, 0.717) is 29.9 Å². The highest BCUT2D eigenvalue weighted by molar-refractivity contribution is 5.62. The highest BCUT2D eigenvalue weighted by Crippen LogP contribution is 2.34. The maximum absolute atomic E-state index is 6.07. The van der Waals surface area contributed by atoms with Crippen molar-refractivity contribution in [1.82, 2.24) is 0 Å². The van der Waals surface area contributed by atoms with E-state index in [0.717, 1.165) is 25.7 Å². The average molecular weight is 265 g/mol. The van der Waals surface area contributed by atoms with Gasteiger partial charge in [0.05, 0.1) is 12.7 Å². The first-order valence-corrected chi connectivity index (χ1v) is 6.95. The number of hydrogen-bond acceptors (Lipinski definition) is 4. The molecule has 4 heteroatoms. The predicted octanol–water partition coefficient (Wildman–Crippen LogP) is 3.00. The lowest BCUT2D eigenvalue weighted by Gasteiger charge is -2.29. The molecular weight excluding hydrogens is 242 g/mol. The number of hydrogen-bond donors (Lipinski definition) is 1. The lowest BCUT2D eigenvalue weighted by molar-refractivity contribution is 0.0211. The van der Waals surface area contributed by atoms with E-state index in [1.54, 1.807) is 7.11 Å². The van der Waals surface area contributed by atoms with Crippen LogP contribution in [0.1, 0.15) is 32.6 Å². The molecule has 1 fully saturated rings. The minimum absolute atomic E-state index is 0.179. The van der Waals surface area contributed by atoms with Gasteiger partial charge in [-0.15, -0.1) is 0 Å². The molecule has 0 spiro atoms. The van der Waals surface area contributed by atoms with E-state index in [1.165, 1.54) is 0 Å². The number of nitrogens with two attached hydrogens (primary N) is 1. The molecule has 106 valence electrons. The van der Waals surface area contributed by atoms with Crippen molar-refractivity contribution in [2.24, 2.45) is 0 Å². The Morgan fingerprint density at radius 1 is 1.21 bits per heavy atom. The van der Waals surface area contributed by atoms with Crippen LogP contribution in [0.15, 0.2) is 18.2 Å². The first-order valence-electron chi connectivity index (χ1n) is 6.95. The maximum atomic E-state index is 6.07. The fourth-order valence-electron chi connectivity index (χ4n) is 2.51. The molecule has 1 aromatic rings. The summed E-state index contributed by atoms with van der Waals surface area (Å²) in [6.45, 7) is 2.54. The van der Waals surface area contributed by atoms with Gasteiger partial charge in [0.2, 0.25) is 0 Å². The SMILES string of the molecule is CCOc1cccc(OC2CCCC(OC)C2)c1N. The third-order valence-corrected chi connectivity index (χ3v) is 3.53. The Morgan fingerprint density at radius 3 is 2.68 bits per heavy atom. The van der Waals surface area contributed by atoms with Crippen molar-refractivity contribution in [3.05, 3.63) is 18.2 Å². The summed E-state index contributed by atoms with van der Waals surface area (Å²) in [6, 6.07) is 5.67. The van der Waals surface area contributed by atoms with Crippen LogP contribution >= 0.6 is 0 Å². The second-order valence-electron chi connectivity index (χ2n) is 4.87. The summed E-state index contributed by atoms with van der Waals surface area (Å²) < 4.78 is 16.9. The third kappa shape index (κ3) is 3.53. The Bertz CT molecular complexity index is 408. The van der Waals surface area contributed by atoms with Crippen molar-refractivity contribution in [2.75, 3.05) is 19.5 Å². The van der Waals surface area contributed by atoms with Crippen LogP contribution in [0.2, 0.25) is 0 Å². The second-order valence-corrected chi connectivity index (χ2v) is 4.87. The fraction of sp³-hybridized carbons (Fsp3) is 0.600. The number of para-hydroxylation sites is 1. The van der Waals surface area contributed by atoms with Crippen molar-refractivity contribution in [3.63, 3.8) is 0 Å². The maximum Gasteiger partial charge on any atom is 0.146 e. The number of benzene rings is 1. The molecule has 0 aromatic heterocycles. The molecule has 2 N–H and O–H groups in total. The van der Waals surface area contributed by atoms with Gasteiger partial charge in [-0.25, -0.2) is 0 Å². The number of methoxy groups -OCH3 is 1. The summed E-state index contributed by atoms with van der Waals surface area (Å²) in [5.41, 5.74) is 6.66. The largest absolute Gasteiger partial charge is 0.492 e. The molecule has 0 bridgehead atoms. The Balaban J connectivity index is 2.04. The molecule has 2 atom stereocenters. The molecule has 0 heterocycles. The first kappa shape index (κ1) is 14.0. The van der Waals surface area contributed by atoms with Crippen LogP contribution in [-0.4, -0.2) is 25.9 Å². The van der Waals surface area contributed by atoms with Crippen molar-refractivity contribution >= 4 is 5.69 Å². The van der Waals surface area contributed by atoms with Crippen LogP contribution < -0.4 is 15.2 Å². The molecule has 1 aliphatic carbocycles. The Kier molecular flexibility index (Phi) is 4.91. The highest BCUT2D eigenvalue weighted by atomic mass is 16.5. The molecular formula is C15H23NO3. The molecule has 0 saturated heterocycles. The molecule has 19 heavy (non-hydrogen) atoms. The summed E-state index contributed by atoms with van der Waals surface area (Å²) >= 11 is 0. The summed E-state index contributed by atoms with van der Waals surface area (Å²) in [4.78, 5) is 0. The molecule has 2 unspecified atom stereocenters. The lowest BCUT2D eigenvalue weighted by Crippen LogP contribution is -2.29. The summed E-state index contributed by atoms with van der Waals surface area (Å²) in [6.07, 6.45) is 4.71. The lowest BCUT2D eigenvalue weighted by atomic mass is 9.95. The zero-order valence-electron chi connectivity index (χ0n) is 11.7. The van der Waals surface area contributed by atoms with Gasteiger partial charge in [0.15, 0.2) is 0 Å². The van der Waals surface area contributed by atoms with E-state index in [4.69, 9.17) is 19.9 Å². The molecule has 1 aliphatic rings. The van der Waals surface area contributed by atoms with Gasteiger partial charge >= 0.3 is 0 Å². The van der Waals surface area contributed by atoms with Crippen LogP contribution in [0.4, 0.5) is 5.69 Å². The molecule has 0 amide bonds. The minimum Gasteiger partial charge on any atom is -0.492 e. The summed E-state index contributed by atoms with van der Waals surface area (Å²) in [5.74, 6) is 1.41. The van der Waals surface area contributed by atoms with E-state index in [-0.39, 0.29) is 6.10 Å². The number of rotatable bonds is 5. The van der Waals surface area contributed by atoms with E-state index < -0.39 is 0 Å². The third-order valence-electron chi connectivity index (χ3n) is 3.53. The van der Waals surface area contributed by atoms with Crippen LogP contribution in [0.3, 0.4) is 0 Å². The zero-order chi connectivity index (χ0) is 13.7. The van der Waals surface area contributed by atoms with E-state index in [9.17, 15) is 0 Å². The summed E-state index contributed by atoms with van der Waals surface area (Å²) in [5, 5.41) is 0. The molecule has 1 aromatic carbocycles. The van der Waals surface area contributed by atoms with Crippen LogP contribution in [0.25, 0.3) is 0 Å². The van der Waals surface area contributed by atoms with Gasteiger partial charge in [-0.1, -0.05) is 6.07 Å². The molecule has 0 radical (unpaired) electrons. The van der Waals surface area contributed by atoms with Crippen LogP contribution in [0.5, 0.6) is 11.5 Å². The Hall–Kier alpha value is -1.42. The predicted molar refractivity (Wildman–Crippen MR) is 75.7 cm³/mol. The molecule has 1 saturated carbocycles. The smallest absolute Gasteiger partial charge is 0.146 e. The summed E-state index contributed by atoms with van der Waals surface area (Å²) in [7, 11) is 1.76. The fourth-order valence-corrected chi connectivity index (χ4v) is 2.51. The average Bonchev–Trinajstić information content (AvgIpc) is 2.44. The number of anilines is 1. The normalized spacial score (nSPS) is 23.1. The van der Waals surface area contributed by atoms with Crippen molar-refractivity contribution in [2.45, 2.75) is 44.8 Å². The molecule has 4 nitrogen and oxygen atoms in total. The Labute approximate surface area is 114 Å². The standard InChI is InChI=1S/C15H23NO3/c1-3-18-13-8-5-9-14(15(13)16)19-12-7-4-6-11(10-12)17-2/h5,8-9,11-12H,3-4,6-7,10,16H2,1-2H3.